The molecule has 1 saturated heterocycles. The van der Waals surface area contributed by atoms with Crippen molar-refractivity contribution in [3.63, 3.8) is 0 Å². The van der Waals surface area contributed by atoms with E-state index in [2.05, 4.69) is 36.1 Å². The highest BCUT2D eigenvalue weighted by molar-refractivity contribution is 5.77. The summed E-state index contributed by atoms with van der Waals surface area (Å²) in [5.74, 6) is 0.244. The minimum atomic E-state index is -0.336. The molecule has 0 radical (unpaired) electrons. The molecule has 0 aromatic heterocycles. The van der Waals surface area contributed by atoms with Gasteiger partial charge in [-0.2, -0.15) is 0 Å². The van der Waals surface area contributed by atoms with Crippen molar-refractivity contribution in [3.05, 3.63) is 29.8 Å². The fraction of sp³-hybridized carbons (Fsp3) is 0.650. The lowest BCUT2D eigenvalue weighted by molar-refractivity contribution is -0.132. The molecule has 1 aromatic rings. The number of para-hydroxylation sites is 1. The van der Waals surface area contributed by atoms with Gasteiger partial charge in [-0.3, -0.25) is 4.79 Å². The van der Waals surface area contributed by atoms with Gasteiger partial charge in [0.05, 0.1) is 6.10 Å². The van der Waals surface area contributed by atoms with Gasteiger partial charge >= 0.3 is 0 Å². The molecule has 0 aliphatic carbocycles. The number of carbonyl (C=O) groups excluding carboxylic acids is 1. The highest BCUT2D eigenvalue weighted by Crippen LogP contribution is 2.31. The maximum Gasteiger partial charge on any atom is 0.224 e. The van der Waals surface area contributed by atoms with Crippen LogP contribution in [-0.2, 0) is 11.2 Å². The Bertz CT molecular complexity index is 573. The zero-order valence-corrected chi connectivity index (χ0v) is 14.9. The van der Waals surface area contributed by atoms with Crippen molar-refractivity contribution in [2.24, 2.45) is 0 Å². The first kappa shape index (κ1) is 17.3. The van der Waals surface area contributed by atoms with Crippen LogP contribution in [0.2, 0.25) is 0 Å². The van der Waals surface area contributed by atoms with Crippen LogP contribution in [0.15, 0.2) is 24.3 Å². The van der Waals surface area contributed by atoms with Crippen LogP contribution in [0.4, 0.5) is 5.69 Å². The van der Waals surface area contributed by atoms with Gasteiger partial charge in [-0.25, -0.2) is 0 Å². The second-order valence-corrected chi connectivity index (χ2v) is 7.43. The maximum atomic E-state index is 12.7. The Kier molecular flexibility index (Phi) is 5.44. The monoisotopic (exact) mass is 330 g/mol. The fourth-order valence-electron chi connectivity index (χ4n) is 4.26. The molecule has 1 fully saturated rings. The van der Waals surface area contributed by atoms with E-state index in [4.69, 9.17) is 0 Å². The minimum Gasteiger partial charge on any atom is -0.393 e. The van der Waals surface area contributed by atoms with Gasteiger partial charge in [0, 0.05) is 37.3 Å². The van der Waals surface area contributed by atoms with Gasteiger partial charge in [-0.15, -0.1) is 0 Å². The molecule has 4 nitrogen and oxygen atoms in total. The number of rotatable bonds is 5. The van der Waals surface area contributed by atoms with Gasteiger partial charge in [-0.05, 0) is 57.6 Å². The summed E-state index contributed by atoms with van der Waals surface area (Å²) in [4.78, 5) is 17.1. The molecule has 0 unspecified atom stereocenters. The molecule has 0 saturated carbocycles. The summed E-state index contributed by atoms with van der Waals surface area (Å²) in [6.45, 7) is 5.71. The number of fused-ring (bicyclic) bond motifs is 1. The van der Waals surface area contributed by atoms with E-state index in [1.165, 1.54) is 11.3 Å². The van der Waals surface area contributed by atoms with Gasteiger partial charge < -0.3 is 14.9 Å². The van der Waals surface area contributed by atoms with E-state index < -0.39 is 0 Å². The highest BCUT2D eigenvalue weighted by atomic mass is 16.3. The summed E-state index contributed by atoms with van der Waals surface area (Å²) in [6.07, 6.45) is 5.30. The van der Waals surface area contributed by atoms with E-state index in [1.807, 2.05) is 11.8 Å². The highest BCUT2D eigenvalue weighted by Gasteiger charge is 2.30. The number of hydrogen-bond acceptors (Lipinski definition) is 3. The molecule has 2 aliphatic heterocycles. The molecule has 24 heavy (non-hydrogen) atoms. The fourth-order valence-corrected chi connectivity index (χ4v) is 4.26. The zero-order valence-electron chi connectivity index (χ0n) is 14.9. The Morgan fingerprint density at radius 1 is 1.33 bits per heavy atom. The third-order valence-electron chi connectivity index (χ3n) is 5.54. The smallest absolute Gasteiger partial charge is 0.224 e. The molecule has 1 amide bonds. The normalized spacial score (nSPS) is 24.8. The first-order chi connectivity index (χ1) is 11.6. The second-order valence-electron chi connectivity index (χ2n) is 7.43. The predicted octanol–water partition coefficient (Wildman–Crippen LogP) is 2.98. The number of benzene rings is 1. The van der Waals surface area contributed by atoms with Crippen LogP contribution in [0.1, 0.15) is 51.5 Å². The molecule has 1 aromatic carbocycles. The van der Waals surface area contributed by atoms with E-state index in [1.54, 1.807) is 0 Å². The predicted molar refractivity (Wildman–Crippen MR) is 97.2 cm³/mol. The summed E-state index contributed by atoms with van der Waals surface area (Å²) in [5, 5.41) is 9.64. The van der Waals surface area contributed by atoms with Crippen LogP contribution in [0, 0.1) is 0 Å². The molecule has 2 heterocycles. The van der Waals surface area contributed by atoms with E-state index in [9.17, 15) is 9.90 Å². The Labute approximate surface area is 145 Å². The SMILES string of the molecule is C[C@H](O)C[C@@H]1CCCN1C(=O)CCN1c2ccccc2CC[C@@H]1C. The van der Waals surface area contributed by atoms with Crippen LogP contribution in [-0.4, -0.2) is 47.2 Å². The van der Waals surface area contributed by atoms with Crippen molar-refractivity contribution >= 4 is 11.6 Å². The van der Waals surface area contributed by atoms with Crippen molar-refractivity contribution in [1.82, 2.24) is 4.90 Å². The lowest BCUT2D eigenvalue weighted by Crippen LogP contribution is -2.42. The average Bonchev–Trinajstić information content (AvgIpc) is 3.01. The summed E-state index contributed by atoms with van der Waals surface area (Å²) in [6, 6.07) is 9.29. The van der Waals surface area contributed by atoms with Crippen molar-refractivity contribution in [1.29, 1.82) is 0 Å². The van der Waals surface area contributed by atoms with Crippen molar-refractivity contribution in [2.75, 3.05) is 18.0 Å². The summed E-state index contributed by atoms with van der Waals surface area (Å²) >= 11 is 0. The van der Waals surface area contributed by atoms with Crippen molar-refractivity contribution < 1.29 is 9.90 Å². The Hall–Kier alpha value is -1.55. The van der Waals surface area contributed by atoms with Gasteiger partial charge in [0.2, 0.25) is 5.91 Å². The lowest BCUT2D eigenvalue weighted by atomic mass is 9.96. The van der Waals surface area contributed by atoms with Crippen molar-refractivity contribution in [3.8, 4) is 0 Å². The number of hydrogen-bond donors (Lipinski definition) is 1. The summed E-state index contributed by atoms with van der Waals surface area (Å²) < 4.78 is 0. The average molecular weight is 330 g/mol. The number of aliphatic hydroxyl groups excluding tert-OH is 1. The van der Waals surface area contributed by atoms with Crippen LogP contribution in [0.3, 0.4) is 0 Å². The number of nitrogens with zero attached hydrogens (tertiary/aromatic N) is 2. The van der Waals surface area contributed by atoms with Crippen LogP contribution in [0.5, 0.6) is 0 Å². The zero-order chi connectivity index (χ0) is 17.1. The quantitative estimate of drug-likeness (QED) is 0.903. The largest absolute Gasteiger partial charge is 0.393 e. The van der Waals surface area contributed by atoms with E-state index in [-0.39, 0.29) is 18.1 Å². The Morgan fingerprint density at radius 2 is 2.12 bits per heavy atom. The number of likely N-dealkylation sites (tertiary alicyclic amines) is 1. The van der Waals surface area contributed by atoms with Crippen LogP contribution < -0.4 is 4.90 Å². The topological polar surface area (TPSA) is 43.8 Å². The Balaban J connectivity index is 1.62. The number of amides is 1. The molecular formula is C20H30N2O2. The number of carbonyl (C=O) groups is 1. The van der Waals surface area contributed by atoms with Gasteiger partial charge in [0.15, 0.2) is 0 Å². The number of aliphatic hydroxyl groups is 1. The number of anilines is 1. The third kappa shape index (κ3) is 3.75. The number of aryl methyl sites for hydroxylation is 1. The van der Waals surface area contributed by atoms with E-state index >= 15 is 0 Å². The van der Waals surface area contributed by atoms with Crippen LogP contribution >= 0.6 is 0 Å². The summed E-state index contributed by atoms with van der Waals surface area (Å²) in [7, 11) is 0. The van der Waals surface area contributed by atoms with Gasteiger partial charge in [0.1, 0.15) is 0 Å². The molecule has 132 valence electrons. The first-order valence-electron chi connectivity index (χ1n) is 9.38. The lowest BCUT2D eigenvalue weighted by Gasteiger charge is -2.37. The molecule has 2 aliphatic rings. The second kappa shape index (κ2) is 7.56. The van der Waals surface area contributed by atoms with E-state index in [0.29, 0.717) is 18.9 Å². The van der Waals surface area contributed by atoms with E-state index in [0.717, 1.165) is 38.8 Å². The molecule has 3 rings (SSSR count). The van der Waals surface area contributed by atoms with Gasteiger partial charge in [-0.1, -0.05) is 18.2 Å². The third-order valence-corrected chi connectivity index (χ3v) is 5.54. The van der Waals surface area contributed by atoms with Crippen molar-refractivity contribution in [2.45, 2.75) is 70.6 Å². The standard InChI is InChI=1S/C20H30N2O2/c1-15-9-10-17-6-3-4-8-19(17)21(15)13-11-20(24)22-12-5-7-18(22)14-16(2)23/h3-4,6,8,15-16,18,23H,5,7,9-14H2,1-2H3/t15-,16-,18-/m0/s1. The Morgan fingerprint density at radius 3 is 2.92 bits per heavy atom. The molecule has 3 atom stereocenters. The molecule has 4 heteroatoms. The van der Waals surface area contributed by atoms with Crippen LogP contribution in [0.25, 0.3) is 0 Å². The molecule has 0 bridgehead atoms. The first-order valence-corrected chi connectivity index (χ1v) is 9.38. The summed E-state index contributed by atoms with van der Waals surface area (Å²) in [5.41, 5.74) is 2.70. The maximum absolute atomic E-state index is 12.7. The minimum absolute atomic E-state index is 0.226. The van der Waals surface area contributed by atoms with Gasteiger partial charge in [0.25, 0.3) is 0 Å². The molecule has 0 spiro atoms. The molecular weight excluding hydrogens is 300 g/mol. The molecule has 1 N–H and O–H groups in total.